The van der Waals surface area contributed by atoms with E-state index in [4.69, 9.17) is 4.74 Å². The number of aromatic nitrogens is 2. The summed E-state index contributed by atoms with van der Waals surface area (Å²) in [7, 11) is 1.66. The lowest BCUT2D eigenvalue weighted by Crippen LogP contribution is -2.19. The largest absolute Gasteiger partial charge is 0.366 e. The van der Waals surface area contributed by atoms with Gasteiger partial charge in [-0.05, 0) is 29.8 Å². The van der Waals surface area contributed by atoms with Crippen molar-refractivity contribution in [2.24, 2.45) is 0 Å². The Morgan fingerprint density at radius 3 is 2.88 bits per heavy atom. The molecule has 2 aromatic heterocycles. The maximum atomic E-state index is 5.27. The maximum Gasteiger partial charge on any atom is 0.123 e. The van der Waals surface area contributed by atoms with Crippen LogP contribution in [0.4, 0.5) is 0 Å². The van der Waals surface area contributed by atoms with Gasteiger partial charge in [-0.1, -0.05) is 11.8 Å². The van der Waals surface area contributed by atoms with Crippen molar-refractivity contribution in [2.75, 3.05) is 7.11 Å². The number of aromatic amines is 1. The van der Waals surface area contributed by atoms with E-state index in [9.17, 15) is 0 Å². The van der Waals surface area contributed by atoms with Crippen LogP contribution in [0.1, 0.15) is 19.4 Å². The van der Waals surface area contributed by atoms with Gasteiger partial charge in [-0.25, -0.2) is 0 Å². The van der Waals surface area contributed by atoms with E-state index in [-0.39, 0.29) is 0 Å². The molecule has 3 nitrogen and oxygen atoms in total. The van der Waals surface area contributed by atoms with Crippen LogP contribution in [0.2, 0.25) is 0 Å². The molecule has 17 heavy (non-hydrogen) atoms. The van der Waals surface area contributed by atoms with Crippen molar-refractivity contribution in [3.05, 3.63) is 28.6 Å². The van der Waals surface area contributed by atoms with Crippen molar-refractivity contribution < 1.29 is 4.74 Å². The summed E-state index contributed by atoms with van der Waals surface area (Å²) in [4.78, 5) is 7.25. The van der Waals surface area contributed by atoms with Gasteiger partial charge in [0.1, 0.15) is 5.60 Å². The first kappa shape index (κ1) is 12.2. The second-order valence-electron chi connectivity index (χ2n) is 4.21. The fourth-order valence-corrected chi connectivity index (χ4v) is 1.95. The van der Waals surface area contributed by atoms with Crippen LogP contribution in [0.3, 0.4) is 0 Å². The lowest BCUT2D eigenvalue weighted by Gasteiger charge is -2.14. The second kappa shape index (κ2) is 4.52. The highest BCUT2D eigenvalue weighted by Crippen LogP contribution is 2.25. The maximum absolute atomic E-state index is 5.27. The Balaban J connectivity index is 2.51. The van der Waals surface area contributed by atoms with E-state index in [2.05, 4.69) is 37.7 Å². The molecule has 0 aliphatic carbocycles. The summed E-state index contributed by atoms with van der Waals surface area (Å²) in [5, 5.41) is 1.06. The van der Waals surface area contributed by atoms with Gasteiger partial charge in [0.15, 0.2) is 0 Å². The molecule has 0 unspecified atom stereocenters. The number of hydrogen-bond acceptors (Lipinski definition) is 2. The molecule has 2 aromatic rings. The van der Waals surface area contributed by atoms with Gasteiger partial charge in [0.2, 0.25) is 0 Å². The number of halogens is 1. The molecule has 0 aromatic carbocycles. The molecular weight excluding hydrogens is 280 g/mol. The van der Waals surface area contributed by atoms with Gasteiger partial charge in [-0.3, -0.25) is 4.98 Å². The average Bonchev–Trinajstić information content (AvgIpc) is 2.71. The highest BCUT2D eigenvalue weighted by Gasteiger charge is 2.12. The van der Waals surface area contributed by atoms with Crippen molar-refractivity contribution in [3.8, 4) is 11.8 Å². The first-order valence-electron chi connectivity index (χ1n) is 5.22. The van der Waals surface area contributed by atoms with Gasteiger partial charge in [0, 0.05) is 29.4 Å². The molecule has 0 bridgehead atoms. The lowest BCUT2D eigenvalue weighted by atomic mass is 10.1. The molecule has 0 aliphatic rings. The minimum absolute atomic E-state index is 0.441. The first-order valence-corrected chi connectivity index (χ1v) is 6.02. The van der Waals surface area contributed by atoms with E-state index in [1.165, 1.54) is 0 Å². The lowest BCUT2D eigenvalue weighted by molar-refractivity contribution is 0.0742. The Kier molecular flexibility index (Phi) is 3.23. The summed E-state index contributed by atoms with van der Waals surface area (Å²) in [6.45, 7) is 3.87. The van der Waals surface area contributed by atoms with E-state index in [0.717, 1.165) is 20.9 Å². The number of nitrogens with zero attached hydrogens (tertiary/aromatic N) is 1. The fraction of sp³-hybridized carbons (Fsp3) is 0.308. The molecule has 0 radical (unpaired) electrons. The fourth-order valence-electron chi connectivity index (χ4n) is 1.41. The van der Waals surface area contributed by atoms with E-state index >= 15 is 0 Å². The summed E-state index contributed by atoms with van der Waals surface area (Å²) in [6, 6.07) is 0. The van der Waals surface area contributed by atoms with Crippen LogP contribution in [0.15, 0.2) is 23.1 Å². The van der Waals surface area contributed by atoms with Crippen molar-refractivity contribution in [1.29, 1.82) is 0 Å². The molecule has 0 amide bonds. The molecule has 0 saturated carbocycles. The van der Waals surface area contributed by atoms with Crippen LogP contribution in [0.5, 0.6) is 0 Å². The topological polar surface area (TPSA) is 37.9 Å². The minimum Gasteiger partial charge on any atom is -0.366 e. The number of fused-ring (bicyclic) bond motifs is 1. The number of ether oxygens (including phenoxy) is 1. The SMILES string of the molecule is COC(C)(C)C#Cc1c[nH]c2cncc(Br)c12. The predicted molar refractivity (Wildman–Crippen MR) is 71.8 cm³/mol. The molecule has 88 valence electrons. The first-order chi connectivity index (χ1) is 8.03. The van der Waals surface area contributed by atoms with Crippen LogP contribution in [-0.4, -0.2) is 22.7 Å². The van der Waals surface area contributed by atoms with E-state index in [1.807, 2.05) is 20.0 Å². The molecule has 0 aliphatic heterocycles. The van der Waals surface area contributed by atoms with Crippen LogP contribution in [0.25, 0.3) is 10.9 Å². The van der Waals surface area contributed by atoms with E-state index in [1.54, 1.807) is 19.5 Å². The quantitative estimate of drug-likeness (QED) is 0.820. The predicted octanol–water partition coefficient (Wildman–Crippen LogP) is 3.10. The van der Waals surface area contributed by atoms with Gasteiger partial charge in [0.05, 0.1) is 17.3 Å². The summed E-state index contributed by atoms with van der Waals surface area (Å²) in [5.74, 6) is 6.23. The summed E-state index contributed by atoms with van der Waals surface area (Å²) < 4.78 is 6.21. The Morgan fingerprint density at radius 1 is 1.41 bits per heavy atom. The third kappa shape index (κ3) is 2.51. The zero-order valence-corrected chi connectivity index (χ0v) is 11.6. The standard InChI is InChI=1S/C13H13BrN2O/c1-13(2,17-3)5-4-9-6-16-11-8-15-7-10(14)12(9)11/h6-8,16H,1-3H3. The van der Waals surface area contributed by atoms with E-state index < -0.39 is 5.60 Å². The van der Waals surface area contributed by atoms with Crippen LogP contribution >= 0.6 is 15.9 Å². The Labute approximate surface area is 109 Å². The van der Waals surface area contributed by atoms with Crippen LogP contribution < -0.4 is 0 Å². The summed E-state index contributed by atoms with van der Waals surface area (Å²) >= 11 is 3.48. The third-order valence-corrected chi connectivity index (χ3v) is 3.15. The smallest absolute Gasteiger partial charge is 0.123 e. The van der Waals surface area contributed by atoms with Gasteiger partial charge in [0.25, 0.3) is 0 Å². The molecule has 2 rings (SSSR count). The highest BCUT2D eigenvalue weighted by molar-refractivity contribution is 9.10. The number of rotatable bonds is 1. The van der Waals surface area contributed by atoms with Crippen molar-refractivity contribution in [1.82, 2.24) is 9.97 Å². The molecular formula is C13H13BrN2O. The number of H-pyrrole nitrogens is 1. The Hall–Kier alpha value is -1.31. The third-order valence-electron chi connectivity index (χ3n) is 2.55. The number of nitrogens with one attached hydrogen (secondary N) is 1. The monoisotopic (exact) mass is 292 g/mol. The summed E-state index contributed by atoms with van der Waals surface area (Å²) in [5.41, 5.74) is 1.47. The van der Waals surface area contributed by atoms with Crippen molar-refractivity contribution in [3.63, 3.8) is 0 Å². The Morgan fingerprint density at radius 2 is 2.18 bits per heavy atom. The second-order valence-corrected chi connectivity index (χ2v) is 5.07. The van der Waals surface area contributed by atoms with Crippen LogP contribution in [0, 0.1) is 11.8 Å². The van der Waals surface area contributed by atoms with Crippen LogP contribution in [-0.2, 0) is 4.74 Å². The molecule has 0 saturated heterocycles. The molecule has 0 fully saturated rings. The minimum atomic E-state index is -0.441. The normalized spacial score (nSPS) is 11.3. The highest BCUT2D eigenvalue weighted by atomic mass is 79.9. The zero-order valence-electron chi connectivity index (χ0n) is 9.97. The number of pyridine rings is 1. The summed E-state index contributed by atoms with van der Waals surface area (Å²) in [6.07, 6.45) is 5.44. The molecule has 0 atom stereocenters. The Bertz CT molecular complexity index is 605. The molecule has 0 spiro atoms. The zero-order chi connectivity index (χ0) is 12.5. The average molecular weight is 293 g/mol. The van der Waals surface area contributed by atoms with Gasteiger partial charge < -0.3 is 9.72 Å². The van der Waals surface area contributed by atoms with Gasteiger partial charge in [-0.15, -0.1) is 0 Å². The number of methoxy groups -OCH3 is 1. The van der Waals surface area contributed by atoms with E-state index in [0.29, 0.717) is 0 Å². The number of hydrogen-bond donors (Lipinski definition) is 1. The van der Waals surface area contributed by atoms with Crippen molar-refractivity contribution in [2.45, 2.75) is 19.4 Å². The molecule has 4 heteroatoms. The molecule has 2 heterocycles. The van der Waals surface area contributed by atoms with Crippen molar-refractivity contribution >= 4 is 26.8 Å². The van der Waals surface area contributed by atoms with Gasteiger partial charge >= 0.3 is 0 Å². The molecule has 1 N–H and O–H groups in total. The van der Waals surface area contributed by atoms with Gasteiger partial charge in [-0.2, -0.15) is 0 Å².